The second-order valence-electron chi connectivity index (χ2n) is 3.95. The molecule has 0 saturated heterocycles. The lowest BCUT2D eigenvalue weighted by atomic mass is 10.2. The van der Waals surface area contributed by atoms with Crippen LogP contribution in [-0.4, -0.2) is 32.7 Å². The summed E-state index contributed by atoms with van der Waals surface area (Å²) in [5.74, 6) is 0.329. The predicted octanol–water partition coefficient (Wildman–Crippen LogP) is 1.53. The SMILES string of the molecule is O=C(NCCCc1ncn[nH]1)c1ccc(Cl)cc1O. The third-order valence-corrected chi connectivity index (χ3v) is 2.78. The maximum Gasteiger partial charge on any atom is 0.255 e. The number of aryl methyl sites for hydroxylation is 1. The number of carbonyl (C=O) groups excluding carboxylic acids is 1. The van der Waals surface area contributed by atoms with Crippen LogP contribution in [0.2, 0.25) is 5.02 Å². The molecule has 1 aromatic heterocycles. The lowest BCUT2D eigenvalue weighted by molar-refractivity contribution is 0.0950. The first-order chi connectivity index (χ1) is 9.16. The number of amides is 1. The zero-order valence-electron chi connectivity index (χ0n) is 10.1. The highest BCUT2D eigenvalue weighted by atomic mass is 35.5. The van der Waals surface area contributed by atoms with E-state index in [0.717, 1.165) is 12.2 Å². The molecule has 100 valence electrons. The van der Waals surface area contributed by atoms with E-state index in [1.54, 1.807) is 6.07 Å². The van der Waals surface area contributed by atoms with Crippen molar-refractivity contribution in [1.82, 2.24) is 20.5 Å². The first kappa shape index (κ1) is 13.4. The van der Waals surface area contributed by atoms with Gasteiger partial charge in [0, 0.05) is 18.0 Å². The van der Waals surface area contributed by atoms with Gasteiger partial charge in [0.1, 0.15) is 17.9 Å². The van der Waals surface area contributed by atoms with Gasteiger partial charge in [0.15, 0.2) is 0 Å². The summed E-state index contributed by atoms with van der Waals surface area (Å²) in [4.78, 5) is 15.8. The third kappa shape index (κ3) is 3.69. The van der Waals surface area contributed by atoms with Crippen molar-refractivity contribution in [3.63, 3.8) is 0 Å². The van der Waals surface area contributed by atoms with Crippen molar-refractivity contribution in [3.05, 3.63) is 40.9 Å². The highest BCUT2D eigenvalue weighted by Gasteiger charge is 2.10. The van der Waals surface area contributed by atoms with E-state index in [1.807, 2.05) is 0 Å². The summed E-state index contributed by atoms with van der Waals surface area (Å²) in [6.45, 7) is 0.488. The highest BCUT2D eigenvalue weighted by Crippen LogP contribution is 2.21. The Kier molecular flexibility index (Phi) is 4.35. The van der Waals surface area contributed by atoms with Crippen LogP contribution >= 0.6 is 11.6 Å². The van der Waals surface area contributed by atoms with Gasteiger partial charge in [-0.15, -0.1) is 0 Å². The molecule has 19 heavy (non-hydrogen) atoms. The van der Waals surface area contributed by atoms with Crippen molar-refractivity contribution in [1.29, 1.82) is 0 Å². The molecule has 0 aliphatic carbocycles. The van der Waals surface area contributed by atoms with Crippen LogP contribution < -0.4 is 5.32 Å². The molecule has 0 spiro atoms. The molecule has 7 heteroatoms. The van der Waals surface area contributed by atoms with Gasteiger partial charge in [-0.05, 0) is 24.6 Å². The molecule has 0 saturated carbocycles. The molecule has 1 aromatic carbocycles. The quantitative estimate of drug-likeness (QED) is 0.724. The zero-order valence-corrected chi connectivity index (χ0v) is 10.8. The number of nitrogens with one attached hydrogen (secondary N) is 2. The number of phenols is 1. The molecule has 1 heterocycles. The van der Waals surface area contributed by atoms with E-state index in [4.69, 9.17) is 11.6 Å². The molecule has 3 N–H and O–H groups in total. The number of aromatic amines is 1. The Bertz CT molecular complexity index is 557. The number of phenolic OH excluding ortho intramolecular Hbond substituents is 1. The molecule has 6 nitrogen and oxygen atoms in total. The van der Waals surface area contributed by atoms with E-state index in [2.05, 4.69) is 20.5 Å². The molecule has 0 atom stereocenters. The van der Waals surface area contributed by atoms with Crippen molar-refractivity contribution in [3.8, 4) is 5.75 Å². The van der Waals surface area contributed by atoms with Crippen LogP contribution in [0.5, 0.6) is 5.75 Å². The van der Waals surface area contributed by atoms with Crippen LogP contribution in [0.4, 0.5) is 0 Å². The molecule has 1 amide bonds. The van der Waals surface area contributed by atoms with Gasteiger partial charge in [-0.25, -0.2) is 4.98 Å². The fourth-order valence-corrected chi connectivity index (χ4v) is 1.77. The fraction of sp³-hybridized carbons (Fsp3) is 0.250. The van der Waals surface area contributed by atoms with Crippen molar-refractivity contribution in [2.24, 2.45) is 0 Å². The van der Waals surface area contributed by atoms with E-state index in [9.17, 15) is 9.90 Å². The molecule has 0 aliphatic rings. The maximum absolute atomic E-state index is 11.8. The number of aromatic hydroxyl groups is 1. The summed E-state index contributed by atoms with van der Waals surface area (Å²) >= 11 is 5.70. The molecule has 0 aliphatic heterocycles. The highest BCUT2D eigenvalue weighted by molar-refractivity contribution is 6.30. The van der Waals surface area contributed by atoms with E-state index in [0.29, 0.717) is 18.0 Å². The minimum absolute atomic E-state index is 0.125. The lowest BCUT2D eigenvalue weighted by Crippen LogP contribution is -2.24. The standard InChI is InChI=1S/C12H13ClN4O2/c13-8-3-4-9(10(18)6-8)12(19)14-5-1-2-11-15-7-16-17-11/h3-4,6-7,18H,1-2,5H2,(H,14,19)(H,15,16,17). The summed E-state index contributed by atoms with van der Waals surface area (Å²) in [7, 11) is 0. The van der Waals surface area contributed by atoms with Crippen molar-refractivity contribution >= 4 is 17.5 Å². The van der Waals surface area contributed by atoms with Crippen molar-refractivity contribution in [2.75, 3.05) is 6.54 Å². The van der Waals surface area contributed by atoms with Crippen LogP contribution in [0.25, 0.3) is 0 Å². The first-order valence-electron chi connectivity index (χ1n) is 5.78. The Hall–Kier alpha value is -2.08. The maximum atomic E-state index is 11.8. The number of nitrogens with zero attached hydrogens (tertiary/aromatic N) is 2. The van der Waals surface area contributed by atoms with Gasteiger partial charge in [-0.1, -0.05) is 11.6 Å². The average Bonchev–Trinajstić information content (AvgIpc) is 2.87. The summed E-state index contributed by atoms with van der Waals surface area (Å²) in [6, 6.07) is 4.39. The molecular weight excluding hydrogens is 268 g/mol. The monoisotopic (exact) mass is 280 g/mol. The summed E-state index contributed by atoms with van der Waals surface area (Å²) in [6.07, 6.45) is 2.88. The smallest absolute Gasteiger partial charge is 0.255 e. The number of carbonyl (C=O) groups is 1. The minimum atomic E-state index is -0.327. The number of aromatic nitrogens is 3. The Morgan fingerprint density at radius 3 is 3.00 bits per heavy atom. The number of rotatable bonds is 5. The normalized spacial score (nSPS) is 10.4. The van der Waals surface area contributed by atoms with Gasteiger partial charge in [0.05, 0.1) is 5.56 Å². The molecule has 0 bridgehead atoms. The zero-order chi connectivity index (χ0) is 13.7. The lowest BCUT2D eigenvalue weighted by Gasteiger charge is -2.06. The molecule has 0 unspecified atom stereocenters. The predicted molar refractivity (Wildman–Crippen MR) is 70.2 cm³/mol. The second-order valence-corrected chi connectivity index (χ2v) is 4.39. The Labute approximate surface area is 114 Å². The largest absolute Gasteiger partial charge is 0.507 e. The Balaban J connectivity index is 1.81. The van der Waals surface area contributed by atoms with Crippen LogP contribution in [0.15, 0.2) is 24.5 Å². The van der Waals surface area contributed by atoms with Gasteiger partial charge in [-0.3, -0.25) is 9.89 Å². The summed E-state index contributed by atoms with van der Waals surface area (Å²) in [5.41, 5.74) is 0.212. The number of hydrogen-bond donors (Lipinski definition) is 3. The van der Waals surface area contributed by atoms with Crippen LogP contribution in [0.1, 0.15) is 22.6 Å². The van der Waals surface area contributed by atoms with E-state index in [-0.39, 0.29) is 17.2 Å². The van der Waals surface area contributed by atoms with Gasteiger partial charge in [0.25, 0.3) is 5.91 Å². The van der Waals surface area contributed by atoms with E-state index >= 15 is 0 Å². The van der Waals surface area contributed by atoms with Crippen molar-refractivity contribution in [2.45, 2.75) is 12.8 Å². The number of hydrogen-bond acceptors (Lipinski definition) is 4. The minimum Gasteiger partial charge on any atom is -0.507 e. The second kappa shape index (κ2) is 6.19. The number of halogens is 1. The van der Waals surface area contributed by atoms with Gasteiger partial charge >= 0.3 is 0 Å². The number of benzene rings is 1. The van der Waals surface area contributed by atoms with E-state index < -0.39 is 0 Å². The summed E-state index contributed by atoms with van der Waals surface area (Å²) < 4.78 is 0. The molecule has 0 fully saturated rings. The summed E-state index contributed by atoms with van der Waals surface area (Å²) in [5, 5.41) is 19.2. The van der Waals surface area contributed by atoms with E-state index in [1.165, 1.54) is 18.5 Å². The Morgan fingerprint density at radius 1 is 1.47 bits per heavy atom. The molecule has 0 radical (unpaired) electrons. The van der Waals surface area contributed by atoms with Gasteiger partial charge < -0.3 is 10.4 Å². The molecule has 2 rings (SSSR count). The Morgan fingerprint density at radius 2 is 2.32 bits per heavy atom. The van der Waals surface area contributed by atoms with Crippen LogP contribution in [0, 0.1) is 0 Å². The fourth-order valence-electron chi connectivity index (χ4n) is 1.60. The average molecular weight is 281 g/mol. The van der Waals surface area contributed by atoms with Crippen molar-refractivity contribution < 1.29 is 9.90 Å². The first-order valence-corrected chi connectivity index (χ1v) is 6.15. The number of H-pyrrole nitrogens is 1. The molecular formula is C12H13ClN4O2. The van der Waals surface area contributed by atoms with Gasteiger partial charge in [-0.2, -0.15) is 5.10 Å². The topological polar surface area (TPSA) is 90.9 Å². The van der Waals surface area contributed by atoms with Gasteiger partial charge in [0.2, 0.25) is 0 Å². The van der Waals surface area contributed by atoms with Crippen LogP contribution in [0.3, 0.4) is 0 Å². The third-order valence-electron chi connectivity index (χ3n) is 2.55. The molecule has 2 aromatic rings. The van der Waals surface area contributed by atoms with Crippen LogP contribution in [-0.2, 0) is 6.42 Å².